The average molecular weight is 466 g/mol. The van der Waals surface area contributed by atoms with Crippen molar-refractivity contribution in [2.24, 2.45) is 7.05 Å². The lowest BCUT2D eigenvalue weighted by Gasteiger charge is -2.17. The first kappa shape index (κ1) is 21.0. The molecular weight excluding hydrogens is 442 g/mol. The van der Waals surface area contributed by atoms with Gasteiger partial charge in [-0.25, -0.2) is 9.97 Å². The quantitative estimate of drug-likeness (QED) is 0.424. The van der Waals surface area contributed by atoms with Gasteiger partial charge in [-0.3, -0.25) is 13.9 Å². The number of pyridine rings is 1. The third kappa shape index (κ3) is 3.78. The van der Waals surface area contributed by atoms with Crippen LogP contribution in [0.4, 0.5) is 17.6 Å². The Morgan fingerprint density at radius 3 is 2.69 bits per heavy atom. The Balaban J connectivity index is 1.41. The fraction of sp³-hybridized carbons (Fsp3) is 0.200. The lowest BCUT2D eigenvalue weighted by atomic mass is 9.95. The Morgan fingerprint density at radius 1 is 1.03 bits per heavy atom. The van der Waals surface area contributed by atoms with Gasteiger partial charge in [0.25, 0.3) is 0 Å². The molecule has 10 nitrogen and oxygen atoms in total. The van der Waals surface area contributed by atoms with E-state index in [1.54, 1.807) is 29.0 Å². The molecule has 1 unspecified atom stereocenters. The van der Waals surface area contributed by atoms with E-state index in [1.807, 2.05) is 53.9 Å². The largest absolute Gasteiger partial charge is 0.309 e. The van der Waals surface area contributed by atoms with E-state index in [0.29, 0.717) is 23.7 Å². The molecule has 0 saturated carbocycles. The van der Waals surface area contributed by atoms with Crippen LogP contribution in [0.5, 0.6) is 0 Å². The summed E-state index contributed by atoms with van der Waals surface area (Å²) >= 11 is 0. The van der Waals surface area contributed by atoms with Crippen molar-refractivity contribution in [1.82, 2.24) is 34.3 Å². The van der Waals surface area contributed by atoms with Gasteiger partial charge in [0.05, 0.1) is 11.9 Å². The molecule has 4 aromatic heterocycles. The van der Waals surface area contributed by atoms with Crippen LogP contribution in [0.3, 0.4) is 0 Å². The Morgan fingerprint density at radius 2 is 1.89 bits per heavy atom. The third-order valence-electron chi connectivity index (χ3n) is 6.35. The summed E-state index contributed by atoms with van der Waals surface area (Å²) in [5.41, 5.74) is 3.37. The highest BCUT2D eigenvalue weighted by molar-refractivity contribution is 5.94. The number of amides is 1. The van der Waals surface area contributed by atoms with Gasteiger partial charge < -0.3 is 10.2 Å². The van der Waals surface area contributed by atoms with Crippen LogP contribution < -0.4 is 10.2 Å². The maximum atomic E-state index is 13.2. The highest BCUT2D eigenvalue weighted by atomic mass is 16.2. The van der Waals surface area contributed by atoms with E-state index in [4.69, 9.17) is 0 Å². The number of rotatable bonds is 5. The van der Waals surface area contributed by atoms with Crippen LogP contribution in [0, 0.1) is 0 Å². The number of nitrogens with one attached hydrogen (secondary N) is 1. The SMILES string of the molecule is CN1C(=O)CC(Cc2ccccc2)c2nnc3cc(-c4ccnc(Nc5ccnn5C)n4)cc1n23. The van der Waals surface area contributed by atoms with Gasteiger partial charge in [-0.1, -0.05) is 30.3 Å². The van der Waals surface area contributed by atoms with Crippen molar-refractivity contribution < 1.29 is 4.79 Å². The van der Waals surface area contributed by atoms with Crippen LogP contribution in [-0.2, 0) is 18.3 Å². The van der Waals surface area contributed by atoms with E-state index < -0.39 is 0 Å². The van der Waals surface area contributed by atoms with Crippen molar-refractivity contribution in [2.75, 3.05) is 17.3 Å². The van der Waals surface area contributed by atoms with Crippen molar-refractivity contribution in [3.63, 3.8) is 0 Å². The molecule has 5 heterocycles. The van der Waals surface area contributed by atoms with Crippen molar-refractivity contribution in [1.29, 1.82) is 0 Å². The van der Waals surface area contributed by atoms with Gasteiger partial charge in [-0.2, -0.15) is 5.10 Å². The molecule has 1 amide bonds. The smallest absolute Gasteiger partial charge is 0.228 e. The Kier molecular flexibility index (Phi) is 4.98. The summed E-state index contributed by atoms with van der Waals surface area (Å²) < 4.78 is 3.69. The molecule has 6 rings (SSSR count). The number of carbonyl (C=O) groups excluding carboxylic acids is 1. The van der Waals surface area contributed by atoms with Gasteiger partial charge in [0.15, 0.2) is 5.65 Å². The topological polar surface area (TPSA) is 106 Å². The Hall–Kier alpha value is -4.60. The zero-order valence-electron chi connectivity index (χ0n) is 19.3. The molecule has 0 fully saturated rings. The molecule has 35 heavy (non-hydrogen) atoms. The lowest BCUT2D eigenvalue weighted by Crippen LogP contribution is -2.27. The van der Waals surface area contributed by atoms with Crippen molar-refractivity contribution in [2.45, 2.75) is 18.8 Å². The van der Waals surface area contributed by atoms with Gasteiger partial charge >= 0.3 is 0 Å². The standard InChI is InChI=1S/C25H23N9O/c1-32-22-14-17(19-8-10-26-25(28-19)29-20-9-11-27-33(20)2)13-21-30-31-24(34(21)22)18(15-23(32)35)12-16-6-4-3-5-7-16/h3-11,13-14,18H,12,15H2,1-2H3,(H,26,28,29). The summed E-state index contributed by atoms with van der Waals surface area (Å²) in [6, 6.07) is 17.8. The number of benzene rings is 1. The highest BCUT2D eigenvalue weighted by Crippen LogP contribution is 2.34. The molecule has 0 spiro atoms. The fourth-order valence-corrected chi connectivity index (χ4v) is 4.50. The zero-order chi connectivity index (χ0) is 23.9. The third-order valence-corrected chi connectivity index (χ3v) is 6.35. The van der Waals surface area contributed by atoms with Gasteiger partial charge in [-0.15, -0.1) is 10.2 Å². The minimum atomic E-state index is -0.0665. The second-order valence-electron chi connectivity index (χ2n) is 8.63. The number of hydrogen-bond donors (Lipinski definition) is 1. The molecule has 0 aliphatic carbocycles. The monoisotopic (exact) mass is 465 g/mol. The molecule has 5 aromatic rings. The predicted molar refractivity (Wildman–Crippen MR) is 131 cm³/mol. The number of nitrogens with zero attached hydrogens (tertiary/aromatic N) is 8. The van der Waals surface area contributed by atoms with Crippen LogP contribution in [0.25, 0.3) is 16.9 Å². The molecule has 0 saturated heterocycles. The van der Waals surface area contributed by atoms with Gasteiger partial charge in [-0.05, 0) is 30.2 Å². The number of carbonyl (C=O) groups is 1. The van der Waals surface area contributed by atoms with Crippen molar-refractivity contribution >= 4 is 29.1 Å². The van der Waals surface area contributed by atoms with E-state index in [0.717, 1.165) is 29.4 Å². The zero-order valence-corrected chi connectivity index (χ0v) is 19.3. The van der Waals surface area contributed by atoms with E-state index in [-0.39, 0.29) is 11.8 Å². The maximum absolute atomic E-state index is 13.2. The van der Waals surface area contributed by atoms with Crippen LogP contribution >= 0.6 is 0 Å². The second kappa shape index (κ2) is 8.32. The van der Waals surface area contributed by atoms with E-state index in [1.165, 1.54) is 5.56 Å². The number of hydrogen-bond acceptors (Lipinski definition) is 7. The average Bonchev–Trinajstić information content (AvgIpc) is 3.47. The first-order chi connectivity index (χ1) is 17.1. The Bertz CT molecular complexity index is 1540. The number of anilines is 3. The molecular formula is C25H23N9O. The molecule has 1 N–H and O–H groups in total. The van der Waals surface area contributed by atoms with Gasteiger partial charge in [0, 0.05) is 44.3 Å². The second-order valence-corrected chi connectivity index (χ2v) is 8.63. The summed E-state index contributed by atoms with van der Waals surface area (Å²) in [6.07, 6.45) is 4.48. The predicted octanol–water partition coefficient (Wildman–Crippen LogP) is 3.36. The van der Waals surface area contributed by atoms with E-state index in [9.17, 15) is 4.79 Å². The lowest BCUT2D eigenvalue weighted by molar-refractivity contribution is -0.118. The van der Waals surface area contributed by atoms with Crippen LogP contribution in [0.1, 0.15) is 23.7 Å². The summed E-state index contributed by atoms with van der Waals surface area (Å²) in [5, 5.41) is 16.3. The Labute approximate surface area is 201 Å². The van der Waals surface area contributed by atoms with Gasteiger partial charge in [0.2, 0.25) is 11.9 Å². The summed E-state index contributed by atoms with van der Waals surface area (Å²) in [6.45, 7) is 0. The van der Waals surface area contributed by atoms with Crippen molar-refractivity contribution in [3.05, 3.63) is 78.4 Å². The minimum Gasteiger partial charge on any atom is -0.309 e. The first-order valence-corrected chi connectivity index (χ1v) is 11.3. The van der Waals surface area contributed by atoms with Crippen LogP contribution in [0.2, 0.25) is 0 Å². The molecule has 1 atom stereocenters. The molecule has 0 bridgehead atoms. The minimum absolute atomic E-state index is 0.0381. The summed E-state index contributed by atoms with van der Waals surface area (Å²) in [4.78, 5) is 23.8. The van der Waals surface area contributed by atoms with Crippen LogP contribution in [0.15, 0.2) is 67.0 Å². The first-order valence-electron chi connectivity index (χ1n) is 11.3. The van der Waals surface area contributed by atoms with Gasteiger partial charge in [0.1, 0.15) is 17.5 Å². The summed E-state index contributed by atoms with van der Waals surface area (Å²) in [5.74, 6) is 2.72. The maximum Gasteiger partial charge on any atom is 0.228 e. The molecule has 1 aliphatic heterocycles. The molecule has 0 radical (unpaired) electrons. The van der Waals surface area contributed by atoms with Crippen molar-refractivity contribution in [3.8, 4) is 11.3 Å². The molecule has 174 valence electrons. The number of aryl methyl sites for hydroxylation is 1. The highest BCUT2D eigenvalue weighted by Gasteiger charge is 2.30. The summed E-state index contributed by atoms with van der Waals surface area (Å²) in [7, 11) is 3.64. The number of aromatic nitrogens is 7. The normalized spacial score (nSPS) is 15.4. The van der Waals surface area contributed by atoms with E-state index >= 15 is 0 Å². The van der Waals surface area contributed by atoms with E-state index in [2.05, 4.69) is 42.7 Å². The molecule has 10 heteroatoms. The van der Waals surface area contributed by atoms with Crippen LogP contribution in [-0.4, -0.2) is 47.3 Å². The molecule has 1 aromatic carbocycles. The molecule has 1 aliphatic rings. The fourth-order valence-electron chi connectivity index (χ4n) is 4.50.